The minimum absolute atomic E-state index is 0.0207. The third-order valence-electron chi connectivity index (χ3n) is 5.12. The highest BCUT2D eigenvalue weighted by Gasteiger charge is 2.17. The van der Waals surface area contributed by atoms with Crippen molar-refractivity contribution in [3.05, 3.63) is 99.6 Å². The van der Waals surface area contributed by atoms with Crippen LogP contribution in [0.3, 0.4) is 0 Å². The molecule has 29 heavy (non-hydrogen) atoms. The first-order valence-electron chi connectivity index (χ1n) is 9.45. The van der Waals surface area contributed by atoms with Gasteiger partial charge in [-0.3, -0.25) is 4.79 Å². The van der Waals surface area contributed by atoms with Crippen LogP contribution >= 0.6 is 0 Å². The van der Waals surface area contributed by atoms with Gasteiger partial charge >= 0.3 is 0 Å². The third-order valence-corrected chi connectivity index (χ3v) is 5.12. The van der Waals surface area contributed by atoms with Gasteiger partial charge in [0.05, 0.1) is 23.7 Å². The number of aromatic nitrogens is 2. The maximum Gasteiger partial charge on any atom is 0.274 e. The highest BCUT2D eigenvalue weighted by molar-refractivity contribution is 5.94. The molecular weight excluding hydrogens is 367 g/mol. The van der Waals surface area contributed by atoms with Crippen LogP contribution in [0.5, 0.6) is 0 Å². The van der Waals surface area contributed by atoms with E-state index < -0.39 is 6.10 Å². The summed E-state index contributed by atoms with van der Waals surface area (Å²) in [7, 11) is 0. The number of nitrogens with zero attached hydrogens (tertiary/aromatic N) is 2. The average molecular weight is 388 g/mol. The van der Waals surface area contributed by atoms with Crippen molar-refractivity contribution in [3.8, 4) is 11.3 Å². The molecule has 0 amide bonds. The Bertz CT molecular complexity index is 1250. The number of hydrogen-bond acceptors (Lipinski definition) is 3. The third kappa shape index (κ3) is 3.69. The molecule has 0 radical (unpaired) electrons. The molecule has 0 bridgehead atoms. The fourth-order valence-corrected chi connectivity index (χ4v) is 3.50. The number of aliphatic hydroxyl groups is 1. The van der Waals surface area contributed by atoms with E-state index in [1.165, 1.54) is 28.9 Å². The molecule has 1 aromatic heterocycles. The van der Waals surface area contributed by atoms with Crippen molar-refractivity contribution in [2.24, 2.45) is 0 Å². The average Bonchev–Trinajstić information content (AvgIpc) is 2.72. The minimum Gasteiger partial charge on any atom is -0.386 e. The standard InChI is InChI=1S/C24H21FN2O2/c1-15-7-8-16(2)21(13-15)23-19-5-3-4-6-20(19)24(29)27(26-23)14-22(28)17-9-11-18(25)12-10-17/h3-13,22,28H,14H2,1-2H3. The Balaban J connectivity index is 1.87. The number of halogens is 1. The maximum absolute atomic E-state index is 13.2. The Morgan fingerprint density at radius 2 is 1.69 bits per heavy atom. The Kier molecular flexibility index (Phi) is 4.99. The van der Waals surface area contributed by atoms with E-state index >= 15 is 0 Å². The maximum atomic E-state index is 13.2. The van der Waals surface area contributed by atoms with E-state index in [1.54, 1.807) is 6.07 Å². The van der Waals surface area contributed by atoms with E-state index in [4.69, 9.17) is 0 Å². The molecular formula is C24H21FN2O2. The number of aryl methyl sites for hydroxylation is 2. The Morgan fingerprint density at radius 3 is 2.41 bits per heavy atom. The molecule has 1 N–H and O–H groups in total. The van der Waals surface area contributed by atoms with Crippen LogP contribution in [0.25, 0.3) is 22.0 Å². The lowest BCUT2D eigenvalue weighted by atomic mass is 9.99. The van der Waals surface area contributed by atoms with Crippen molar-refractivity contribution in [2.45, 2.75) is 26.5 Å². The zero-order valence-corrected chi connectivity index (χ0v) is 16.3. The van der Waals surface area contributed by atoms with Crippen molar-refractivity contribution < 1.29 is 9.50 Å². The molecule has 0 saturated heterocycles. The van der Waals surface area contributed by atoms with E-state index in [0.717, 1.165) is 22.1 Å². The highest BCUT2D eigenvalue weighted by Crippen LogP contribution is 2.28. The predicted octanol–water partition coefficient (Wildman–Crippen LogP) is 4.55. The van der Waals surface area contributed by atoms with Crippen molar-refractivity contribution >= 4 is 10.8 Å². The zero-order chi connectivity index (χ0) is 20.5. The van der Waals surface area contributed by atoms with Crippen LogP contribution in [0, 0.1) is 19.7 Å². The topological polar surface area (TPSA) is 55.1 Å². The first-order chi connectivity index (χ1) is 13.9. The van der Waals surface area contributed by atoms with Gasteiger partial charge in [-0.15, -0.1) is 0 Å². The number of benzene rings is 3. The number of hydrogen-bond donors (Lipinski definition) is 1. The van der Waals surface area contributed by atoms with Crippen LogP contribution in [0.15, 0.2) is 71.5 Å². The predicted molar refractivity (Wildman–Crippen MR) is 112 cm³/mol. The van der Waals surface area contributed by atoms with Crippen LogP contribution in [-0.2, 0) is 6.54 Å². The zero-order valence-electron chi connectivity index (χ0n) is 16.3. The fraction of sp³-hybridized carbons (Fsp3) is 0.167. The Morgan fingerprint density at radius 1 is 1.00 bits per heavy atom. The molecule has 3 aromatic carbocycles. The quantitative estimate of drug-likeness (QED) is 0.558. The molecule has 4 rings (SSSR count). The van der Waals surface area contributed by atoms with Gasteiger partial charge in [-0.05, 0) is 49.2 Å². The molecule has 0 aliphatic carbocycles. The van der Waals surface area contributed by atoms with Crippen LogP contribution in [0.2, 0.25) is 0 Å². The molecule has 1 atom stereocenters. The van der Waals surface area contributed by atoms with Gasteiger partial charge in [0.25, 0.3) is 5.56 Å². The van der Waals surface area contributed by atoms with Crippen LogP contribution in [-0.4, -0.2) is 14.9 Å². The second kappa shape index (κ2) is 7.60. The van der Waals surface area contributed by atoms with Crippen molar-refractivity contribution in [2.75, 3.05) is 0 Å². The summed E-state index contributed by atoms with van der Waals surface area (Å²) in [4.78, 5) is 13.0. The lowest BCUT2D eigenvalue weighted by Crippen LogP contribution is -2.26. The molecule has 0 aliphatic rings. The summed E-state index contributed by atoms with van der Waals surface area (Å²) in [5.41, 5.74) is 4.06. The van der Waals surface area contributed by atoms with E-state index in [2.05, 4.69) is 11.2 Å². The summed E-state index contributed by atoms with van der Waals surface area (Å²) in [5, 5.41) is 16.5. The Labute approximate surface area is 167 Å². The Hall–Kier alpha value is -3.31. The SMILES string of the molecule is Cc1ccc(C)c(-c2nn(CC(O)c3ccc(F)cc3)c(=O)c3ccccc23)c1. The van der Waals surface area contributed by atoms with Crippen molar-refractivity contribution in [3.63, 3.8) is 0 Å². The molecule has 0 saturated carbocycles. The second-order valence-corrected chi connectivity index (χ2v) is 7.27. The molecule has 5 heteroatoms. The lowest BCUT2D eigenvalue weighted by molar-refractivity contribution is 0.149. The minimum atomic E-state index is -0.978. The van der Waals surface area contributed by atoms with E-state index in [-0.39, 0.29) is 17.9 Å². The highest BCUT2D eigenvalue weighted by atomic mass is 19.1. The lowest BCUT2D eigenvalue weighted by Gasteiger charge is -2.16. The second-order valence-electron chi connectivity index (χ2n) is 7.27. The van der Waals surface area contributed by atoms with Crippen molar-refractivity contribution in [1.82, 2.24) is 9.78 Å². The van der Waals surface area contributed by atoms with Gasteiger partial charge in [0.15, 0.2) is 0 Å². The molecule has 146 valence electrons. The summed E-state index contributed by atoms with van der Waals surface area (Å²) in [6.07, 6.45) is -0.978. The fourth-order valence-electron chi connectivity index (χ4n) is 3.50. The first-order valence-corrected chi connectivity index (χ1v) is 9.45. The first kappa shape index (κ1) is 19.0. The van der Waals surface area contributed by atoms with Crippen LogP contribution in [0.4, 0.5) is 4.39 Å². The van der Waals surface area contributed by atoms with Gasteiger partial charge in [-0.25, -0.2) is 9.07 Å². The smallest absolute Gasteiger partial charge is 0.274 e. The molecule has 0 aliphatic heterocycles. The normalized spacial score (nSPS) is 12.3. The summed E-state index contributed by atoms with van der Waals surface area (Å²) in [5.74, 6) is -0.376. The summed E-state index contributed by atoms with van der Waals surface area (Å²) in [6.45, 7) is 4.00. The van der Waals surface area contributed by atoms with E-state index in [0.29, 0.717) is 16.6 Å². The molecule has 4 aromatic rings. The number of fused-ring (bicyclic) bond motifs is 1. The van der Waals surface area contributed by atoms with Gasteiger partial charge in [-0.1, -0.05) is 48.0 Å². The summed E-state index contributed by atoms with van der Waals surface area (Å²) in [6, 6.07) is 19.1. The molecule has 0 fully saturated rings. The number of aliphatic hydroxyl groups excluding tert-OH is 1. The number of rotatable bonds is 4. The summed E-state index contributed by atoms with van der Waals surface area (Å²) >= 11 is 0. The molecule has 0 spiro atoms. The monoisotopic (exact) mass is 388 g/mol. The van der Waals surface area contributed by atoms with Gasteiger partial charge in [-0.2, -0.15) is 5.10 Å². The van der Waals surface area contributed by atoms with Gasteiger partial charge < -0.3 is 5.11 Å². The van der Waals surface area contributed by atoms with Gasteiger partial charge in [0, 0.05) is 10.9 Å². The van der Waals surface area contributed by atoms with E-state index in [1.807, 2.05) is 44.2 Å². The molecule has 1 heterocycles. The van der Waals surface area contributed by atoms with Crippen LogP contribution < -0.4 is 5.56 Å². The van der Waals surface area contributed by atoms with Gasteiger partial charge in [0.1, 0.15) is 5.82 Å². The summed E-state index contributed by atoms with van der Waals surface area (Å²) < 4.78 is 14.5. The van der Waals surface area contributed by atoms with Crippen molar-refractivity contribution in [1.29, 1.82) is 0 Å². The van der Waals surface area contributed by atoms with E-state index in [9.17, 15) is 14.3 Å². The van der Waals surface area contributed by atoms with Gasteiger partial charge in [0.2, 0.25) is 0 Å². The van der Waals surface area contributed by atoms with Crippen LogP contribution in [0.1, 0.15) is 22.8 Å². The molecule has 1 unspecified atom stereocenters. The molecule has 4 nitrogen and oxygen atoms in total. The largest absolute Gasteiger partial charge is 0.386 e.